The fourth-order valence-electron chi connectivity index (χ4n) is 3.95. The van der Waals surface area contributed by atoms with Gasteiger partial charge >= 0.3 is 0 Å². The Hall–Kier alpha value is -2.77. The minimum atomic E-state index is -0.0143. The first-order chi connectivity index (χ1) is 14.3. The molecule has 150 valence electrons. The van der Waals surface area contributed by atoms with Crippen LogP contribution in [0.1, 0.15) is 34.8 Å². The average molecular weight is 392 g/mol. The summed E-state index contributed by atoms with van der Waals surface area (Å²) >= 11 is 0. The maximum atomic E-state index is 12.8. The normalized spacial score (nSPS) is 18.1. The molecule has 2 fully saturated rings. The second kappa shape index (κ2) is 7.93. The lowest BCUT2D eigenvalue weighted by Crippen LogP contribution is -2.54. The maximum Gasteiger partial charge on any atom is 0.255 e. The van der Waals surface area contributed by atoms with E-state index in [1.54, 1.807) is 11.1 Å². The number of aromatic nitrogens is 3. The van der Waals surface area contributed by atoms with Gasteiger partial charge in [-0.25, -0.2) is 9.97 Å². The van der Waals surface area contributed by atoms with Crippen LogP contribution < -0.4 is 0 Å². The number of hydrogen-bond acceptors (Lipinski definition) is 5. The number of carbonyl (C=O) groups excluding carboxylic acids is 1. The van der Waals surface area contributed by atoms with Gasteiger partial charge in [0.15, 0.2) is 5.65 Å². The van der Waals surface area contributed by atoms with Gasteiger partial charge in [-0.3, -0.25) is 4.79 Å². The van der Waals surface area contributed by atoms with Crippen molar-refractivity contribution in [2.24, 2.45) is 0 Å². The molecule has 0 aliphatic carbocycles. The van der Waals surface area contributed by atoms with Gasteiger partial charge in [-0.15, -0.1) is 0 Å². The molecule has 2 saturated heterocycles. The van der Waals surface area contributed by atoms with Crippen LogP contribution in [0.3, 0.4) is 0 Å². The van der Waals surface area contributed by atoms with Gasteiger partial charge in [-0.1, -0.05) is 30.3 Å². The Labute approximate surface area is 169 Å². The number of rotatable bonds is 5. The van der Waals surface area contributed by atoms with Crippen molar-refractivity contribution < 1.29 is 14.3 Å². The molecule has 0 atom stereocenters. The number of fused-ring (bicyclic) bond motifs is 1. The van der Waals surface area contributed by atoms with Gasteiger partial charge < -0.3 is 18.9 Å². The second-order valence-corrected chi connectivity index (χ2v) is 7.69. The zero-order valence-electron chi connectivity index (χ0n) is 16.2. The minimum Gasteiger partial charge on any atom is -0.381 e. The maximum absolute atomic E-state index is 12.8. The van der Waals surface area contributed by atoms with Crippen molar-refractivity contribution >= 4 is 17.1 Å². The number of carbonyl (C=O) groups is 1. The smallest absolute Gasteiger partial charge is 0.255 e. The van der Waals surface area contributed by atoms with Crippen molar-refractivity contribution in [3.8, 4) is 0 Å². The van der Waals surface area contributed by atoms with E-state index in [1.165, 1.54) is 0 Å². The predicted octanol–water partition coefficient (Wildman–Crippen LogP) is 2.82. The van der Waals surface area contributed by atoms with Crippen LogP contribution in [0, 0.1) is 0 Å². The molecule has 4 heterocycles. The van der Waals surface area contributed by atoms with Gasteiger partial charge in [0.1, 0.15) is 5.52 Å². The standard InChI is InChI=1S/C22H24N4O3/c27-22(25-12-19(13-25)29-14-16-4-2-1-3-5-16)17-10-20-21(23-11-17)26(15-24-20)18-6-8-28-9-7-18/h1-5,10-11,15,18-19H,6-9,12-14H2. The van der Waals surface area contributed by atoms with Crippen LogP contribution >= 0.6 is 0 Å². The van der Waals surface area contributed by atoms with Gasteiger partial charge in [0.2, 0.25) is 0 Å². The fraction of sp³-hybridized carbons (Fsp3) is 0.409. The lowest BCUT2D eigenvalue weighted by molar-refractivity contribution is -0.0503. The number of nitrogens with zero attached hydrogens (tertiary/aromatic N) is 4. The molecule has 7 nitrogen and oxygen atoms in total. The largest absolute Gasteiger partial charge is 0.381 e. The van der Waals surface area contributed by atoms with Crippen molar-refractivity contribution in [1.82, 2.24) is 19.4 Å². The monoisotopic (exact) mass is 392 g/mol. The third-order valence-electron chi connectivity index (χ3n) is 5.71. The molecule has 1 amide bonds. The summed E-state index contributed by atoms with van der Waals surface area (Å²) in [6.45, 7) is 3.33. The van der Waals surface area contributed by atoms with Crippen LogP contribution in [0.4, 0.5) is 0 Å². The number of pyridine rings is 1. The summed E-state index contributed by atoms with van der Waals surface area (Å²) in [5.74, 6) is -0.0143. The van der Waals surface area contributed by atoms with Gasteiger partial charge in [0.05, 0.1) is 24.6 Å². The van der Waals surface area contributed by atoms with Gasteiger partial charge in [0, 0.05) is 38.5 Å². The van der Waals surface area contributed by atoms with Crippen molar-refractivity contribution in [2.45, 2.75) is 31.6 Å². The SMILES string of the molecule is O=C(c1cnc2c(c1)ncn2C1CCOCC1)N1CC(OCc2ccccc2)C1. The molecule has 2 aliphatic rings. The van der Waals surface area contributed by atoms with Gasteiger partial charge in [0.25, 0.3) is 5.91 Å². The van der Waals surface area contributed by atoms with Gasteiger partial charge in [-0.05, 0) is 24.5 Å². The van der Waals surface area contributed by atoms with E-state index in [1.807, 2.05) is 42.7 Å². The molecule has 0 radical (unpaired) electrons. The summed E-state index contributed by atoms with van der Waals surface area (Å²) in [6, 6.07) is 12.3. The van der Waals surface area contributed by atoms with E-state index in [0.29, 0.717) is 31.3 Å². The number of benzene rings is 1. The summed E-state index contributed by atoms with van der Waals surface area (Å²) in [5.41, 5.74) is 3.32. The highest BCUT2D eigenvalue weighted by atomic mass is 16.5. The molecule has 29 heavy (non-hydrogen) atoms. The molecule has 2 aromatic heterocycles. The Balaban J connectivity index is 1.20. The van der Waals surface area contributed by atoms with E-state index in [9.17, 15) is 4.79 Å². The molecule has 2 aliphatic heterocycles. The first-order valence-electron chi connectivity index (χ1n) is 10.1. The summed E-state index contributed by atoms with van der Waals surface area (Å²) in [6.07, 6.45) is 5.51. The molecule has 5 rings (SSSR count). The zero-order chi connectivity index (χ0) is 19.6. The van der Waals surface area contributed by atoms with Crippen LogP contribution in [0.2, 0.25) is 0 Å². The Bertz CT molecular complexity index is 992. The van der Waals surface area contributed by atoms with Crippen LogP contribution in [0.25, 0.3) is 11.2 Å². The van der Waals surface area contributed by atoms with E-state index in [2.05, 4.69) is 14.5 Å². The summed E-state index contributed by atoms with van der Waals surface area (Å²) in [5, 5.41) is 0. The number of imidazole rings is 1. The number of likely N-dealkylation sites (tertiary alicyclic amines) is 1. The Morgan fingerprint density at radius 1 is 1.14 bits per heavy atom. The van der Waals surface area contributed by atoms with Crippen LogP contribution in [-0.2, 0) is 16.1 Å². The second-order valence-electron chi connectivity index (χ2n) is 7.69. The molecule has 0 spiro atoms. The Morgan fingerprint density at radius 3 is 2.72 bits per heavy atom. The van der Waals surface area contributed by atoms with Crippen LogP contribution in [0.15, 0.2) is 48.9 Å². The highest BCUT2D eigenvalue weighted by Gasteiger charge is 2.32. The fourth-order valence-corrected chi connectivity index (χ4v) is 3.95. The minimum absolute atomic E-state index is 0.0143. The first-order valence-corrected chi connectivity index (χ1v) is 10.1. The first kappa shape index (κ1) is 18.3. The number of amides is 1. The van der Waals surface area contributed by atoms with E-state index in [4.69, 9.17) is 9.47 Å². The molecule has 0 bridgehead atoms. The molecule has 0 unspecified atom stereocenters. The van der Waals surface area contributed by atoms with Crippen molar-refractivity contribution in [3.63, 3.8) is 0 Å². The quantitative estimate of drug-likeness (QED) is 0.668. The summed E-state index contributed by atoms with van der Waals surface area (Å²) in [4.78, 5) is 23.6. The molecule has 7 heteroatoms. The molecular weight excluding hydrogens is 368 g/mol. The van der Waals surface area contributed by atoms with Crippen molar-refractivity contribution in [2.75, 3.05) is 26.3 Å². The van der Waals surface area contributed by atoms with E-state index < -0.39 is 0 Å². The molecule has 1 aromatic carbocycles. The van der Waals surface area contributed by atoms with E-state index in [0.717, 1.165) is 42.8 Å². The highest BCUT2D eigenvalue weighted by Crippen LogP contribution is 2.25. The summed E-state index contributed by atoms with van der Waals surface area (Å²) in [7, 11) is 0. The van der Waals surface area contributed by atoms with E-state index in [-0.39, 0.29) is 12.0 Å². The zero-order valence-corrected chi connectivity index (χ0v) is 16.2. The Morgan fingerprint density at radius 2 is 1.93 bits per heavy atom. The van der Waals surface area contributed by atoms with Crippen LogP contribution in [0.5, 0.6) is 0 Å². The average Bonchev–Trinajstić information content (AvgIpc) is 3.17. The topological polar surface area (TPSA) is 69.5 Å². The lowest BCUT2D eigenvalue weighted by atomic mass is 10.1. The third-order valence-corrected chi connectivity index (χ3v) is 5.71. The predicted molar refractivity (Wildman–Crippen MR) is 108 cm³/mol. The van der Waals surface area contributed by atoms with Crippen molar-refractivity contribution in [3.05, 3.63) is 60.0 Å². The van der Waals surface area contributed by atoms with E-state index >= 15 is 0 Å². The number of ether oxygens (including phenoxy) is 2. The van der Waals surface area contributed by atoms with Gasteiger partial charge in [-0.2, -0.15) is 0 Å². The summed E-state index contributed by atoms with van der Waals surface area (Å²) < 4.78 is 13.4. The third kappa shape index (κ3) is 3.75. The van der Waals surface area contributed by atoms with Crippen molar-refractivity contribution in [1.29, 1.82) is 0 Å². The molecule has 0 N–H and O–H groups in total. The molecule has 0 saturated carbocycles. The van der Waals surface area contributed by atoms with Crippen LogP contribution in [-0.4, -0.2) is 57.7 Å². The number of hydrogen-bond donors (Lipinski definition) is 0. The lowest BCUT2D eigenvalue weighted by Gasteiger charge is -2.38. The highest BCUT2D eigenvalue weighted by molar-refractivity contribution is 5.96. The Kier molecular flexibility index (Phi) is 4.99. The molecular formula is C22H24N4O3. The molecule has 3 aromatic rings.